The minimum absolute atomic E-state index is 0.238. The molecule has 0 aromatic carbocycles. The van der Waals surface area contributed by atoms with Gasteiger partial charge in [-0.3, -0.25) is 0 Å². The summed E-state index contributed by atoms with van der Waals surface area (Å²) in [7, 11) is -6.34. The van der Waals surface area contributed by atoms with Crippen LogP contribution in [0.1, 0.15) is 73.1 Å². The quantitative estimate of drug-likeness (QED) is 0.197. The fourth-order valence-corrected chi connectivity index (χ4v) is 3.09. The molecular weight excluding hydrogens is 374 g/mol. The Morgan fingerprint density at radius 3 is 1.42 bits per heavy atom. The largest absolute Gasteiger partial charge is 0.743 e. The molecule has 0 saturated carbocycles. The van der Waals surface area contributed by atoms with Gasteiger partial charge in [0.05, 0.1) is 26.2 Å². The van der Waals surface area contributed by atoms with Crippen molar-refractivity contribution in [2.75, 3.05) is 26.2 Å². The molecule has 160 valence electrons. The van der Waals surface area contributed by atoms with Crippen LogP contribution in [-0.2, 0) is 10.1 Å². The molecule has 0 saturated heterocycles. The summed E-state index contributed by atoms with van der Waals surface area (Å²) in [6.45, 7) is 16.1. The number of nitrogens with zero attached hydrogens (tertiary/aromatic N) is 1. The summed E-state index contributed by atoms with van der Waals surface area (Å²) < 4.78 is 82.4. The van der Waals surface area contributed by atoms with Gasteiger partial charge in [0.1, 0.15) is 0 Å². The highest BCUT2D eigenvalue weighted by molar-refractivity contribution is 7.86. The smallest absolute Gasteiger partial charge is 0.396 e. The molecule has 0 aromatic rings. The van der Waals surface area contributed by atoms with Crippen molar-refractivity contribution in [3.8, 4) is 0 Å². The van der Waals surface area contributed by atoms with Gasteiger partial charge in [0, 0.05) is 6.42 Å². The summed E-state index contributed by atoms with van der Waals surface area (Å²) >= 11 is 0. The predicted molar refractivity (Wildman–Crippen MR) is 95.4 cm³/mol. The van der Waals surface area contributed by atoms with Gasteiger partial charge in [0.2, 0.25) is 0 Å². The highest BCUT2D eigenvalue weighted by atomic mass is 32.2. The lowest BCUT2D eigenvalue weighted by atomic mass is 10.1. The lowest BCUT2D eigenvalue weighted by Gasteiger charge is -2.34. The number of alkyl halides is 4. The van der Waals surface area contributed by atoms with Crippen molar-refractivity contribution in [2.45, 2.75) is 84.3 Å². The Morgan fingerprint density at radius 1 is 0.769 bits per heavy atom. The fraction of sp³-hybridized carbons (Fsp3) is 1.00. The standard InChI is InChI=1S/C9H16F4O3S.C8H20N/c1-2-3-4-5-6-7-8(10,11)9(12,13)17(14,15)16;1-5-9(6-2,7-3)8-4/h2-7H2,1H3,(H,14,15,16);5-8H2,1-4H3/q;+1/p-1. The molecule has 0 atom stereocenters. The molecule has 0 aliphatic rings. The van der Waals surface area contributed by atoms with Crippen molar-refractivity contribution in [2.24, 2.45) is 0 Å². The second-order valence-electron chi connectivity index (χ2n) is 6.45. The lowest BCUT2D eigenvalue weighted by Crippen LogP contribution is -2.47. The van der Waals surface area contributed by atoms with Crippen LogP contribution in [0.3, 0.4) is 0 Å². The first kappa shape index (κ1) is 27.8. The van der Waals surface area contributed by atoms with Crippen LogP contribution in [0, 0.1) is 0 Å². The Balaban J connectivity index is 0. The van der Waals surface area contributed by atoms with Crippen molar-refractivity contribution in [3.05, 3.63) is 0 Å². The van der Waals surface area contributed by atoms with Crippen molar-refractivity contribution in [1.82, 2.24) is 0 Å². The Kier molecular flexibility index (Phi) is 13.0. The summed E-state index contributed by atoms with van der Waals surface area (Å²) in [4.78, 5) is 0. The summed E-state index contributed by atoms with van der Waals surface area (Å²) in [5.41, 5.74) is 0. The summed E-state index contributed by atoms with van der Waals surface area (Å²) in [6.07, 6.45) is 1.04. The second kappa shape index (κ2) is 12.1. The maximum atomic E-state index is 12.9. The van der Waals surface area contributed by atoms with Crippen LogP contribution in [0.4, 0.5) is 17.6 Å². The molecule has 0 radical (unpaired) electrons. The SMILES string of the molecule is CCCCCCCC(F)(F)C(F)(F)S(=O)(=O)[O-].CC[N+](CC)(CC)CC. The molecule has 0 bridgehead atoms. The normalized spacial score (nSPS) is 13.3. The molecule has 0 heterocycles. The molecule has 0 rings (SSSR count). The van der Waals surface area contributed by atoms with Gasteiger partial charge >= 0.3 is 11.2 Å². The third-order valence-corrected chi connectivity index (χ3v) is 5.94. The highest BCUT2D eigenvalue weighted by Gasteiger charge is 2.60. The molecule has 0 amide bonds. The molecule has 4 nitrogen and oxygen atoms in total. The first-order chi connectivity index (χ1) is 11.8. The minimum atomic E-state index is -6.34. The number of hydrogen-bond donors (Lipinski definition) is 0. The van der Waals surface area contributed by atoms with Gasteiger partial charge < -0.3 is 9.04 Å². The van der Waals surface area contributed by atoms with E-state index in [4.69, 9.17) is 0 Å². The second-order valence-corrected chi connectivity index (χ2v) is 7.87. The number of halogens is 4. The lowest BCUT2D eigenvalue weighted by molar-refractivity contribution is -0.921. The van der Waals surface area contributed by atoms with E-state index in [1.54, 1.807) is 0 Å². The molecule has 0 fully saturated rings. The Bertz CT molecular complexity index is 449. The van der Waals surface area contributed by atoms with Gasteiger partial charge in [-0.15, -0.1) is 0 Å². The van der Waals surface area contributed by atoms with Crippen LogP contribution in [0.5, 0.6) is 0 Å². The van der Waals surface area contributed by atoms with Crippen molar-refractivity contribution < 1.29 is 35.0 Å². The number of quaternary nitrogens is 1. The first-order valence-electron chi connectivity index (χ1n) is 9.36. The minimum Gasteiger partial charge on any atom is -0.743 e. The number of rotatable bonds is 12. The Labute approximate surface area is 156 Å². The summed E-state index contributed by atoms with van der Waals surface area (Å²) in [6, 6.07) is 0. The molecule has 0 aliphatic heterocycles. The van der Waals surface area contributed by atoms with Crippen LogP contribution in [0.2, 0.25) is 0 Å². The van der Waals surface area contributed by atoms with E-state index in [0.717, 1.165) is 12.8 Å². The van der Waals surface area contributed by atoms with Crippen molar-refractivity contribution in [1.29, 1.82) is 0 Å². The maximum Gasteiger partial charge on any atom is 0.396 e. The van der Waals surface area contributed by atoms with Crippen LogP contribution >= 0.6 is 0 Å². The van der Waals surface area contributed by atoms with Crippen LogP contribution in [-0.4, -0.2) is 54.8 Å². The third-order valence-electron chi connectivity index (χ3n) is 5.02. The van der Waals surface area contributed by atoms with E-state index in [9.17, 15) is 30.5 Å². The van der Waals surface area contributed by atoms with Crippen molar-refractivity contribution >= 4 is 10.1 Å². The van der Waals surface area contributed by atoms with Gasteiger partial charge in [-0.05, 0) is 34.1 Å². The molecular formula is C17H35F4NO3S. The predicted octanol–water partition coefficient (Wildman–Crippen LogP) is 5.00. The highest BCUT2D eigenvalue weighted by Crippen LogP contribution is 2.41. The number of hydrogen-bond acceptors (Lipinski definition) is 3. The fourth-order valence-electron chi connectivity index (χ4n) is 2.62. The zero-order valence-corrected chi connectivity index (χ0v) is 17.5. The summed E-state index contributed by atoms with van der Waals surface area (Å²) in [5.74, 6) is -4.81. The van der Waals surface area contributed by atoms with Crippen LogP contribution in [0.15, 0.2) is 0 Å². The average molecular weight is 410 g/mol. The van der Waals surface area contributed by atoms with Crippen LogP contribution in [0.25, 0.3) is 0 Å². The van der Waals surface area contributed by atoms with Gasteiger partial charge in [0.25, 0.3) is 0 Å². The monoisotopic (exact) mass is 409 g/mol. The van der Waals surface area contributed by atoms with Gasteiger partial charge in [-0.1, -0.05) is 32.6 Å². The molecule has 0 spiro atoms. The summed E-state index contributed by atoms with van der Waals surface area (Å²) in [5, 5.41) is -5.54. The zero-order valence-electron chi connectivity index (χ0n) is 16.7. The molecule has 9 heteroatoms. The molecule has 0 aliphatic carbocycles. The van der Waals surface area contributed by atoms with E-state index in [0.29, 0.717) is 12.8 Å². The number of unbranched alkanes of at least 4 members (excludes halogenated alkanes) is 4. The molecule has 26 heavy (non-hydrogen) atoms. The van der Waals surface area contributed by atoms with E-state index in [1.165, 1.54) is 30.7 Å². The topological polar surface area (TPSA) is 57.2 Å². The average Bonchev–Trinajstić information content (AvgIpc) is 2.56. The van der Waals surface area contributed by atoms with E-state index in [1.807, 2.05) is 6.92 Å². The van der Waals surface area contributed by atoms with E-state index in [2.05, 4.69) is 27.7 Å². The van der Waals surface area contributed by atoms with E-state index < -0.39 is 27.7 Å². The van der Waals surface area contributed by atoms with Crippen LogP contribution < -0.4 is 0 Å². The van der Waals surface area contributed by atoms with Crippen molar-refractivity contribution in [3.63, 3.8) is 0 Å². The maximum absolute atomic E-state index is 12.9. The molecule has 0 aromatic heterocycles. The third kappa shape index (κ3) is 8.52. The molecule has 0 N–H and O–H groups in total. The van der Waals surface area contributed by atoms with Gasteiger partial charge in [-0.25, -0.2) is 8.42 Å². The van der Waals surface area contributed by atoms with Gasteiger partial charge in [-0.2, -0.15) is 17.6 Å². The zero-order chi connectivity index (χ0) is 21.1. The Morgan fingerprint density at radius 2 is 1.15 bits per heavy atom. The van der Waals surface area contributed by atoms with E-state index >= 15 is 0 Å². The molecule has 0 unspecified atom stereocenters. The van der Waals surface area contributed by atoms with Gasteiger partial charge in [0.15, 0.2) is 10.1 Å². The first-order valence-corrected chi connectivity index (χ1v) is 10.8. The van der Waals surface area contributed by atoms with E-state index in [-0.39, 0.29) is 6.42 Å². The Hall–Kier alpha value is -0.410.